The third kappa shape index (κ3) is 2.91. The Kier molecular flexibility index (Phi) is 5.55. The number of nitrogens with two attached hydrogens (primary N) is 1. The van der Waals surface area contributed by atoms with Gasteiger partial charge in [0.25, 0.3) is 0 Å². The van der Waals surface area contributed by atoms with E-state index in [1.54, 1.807) is 13.8 Å². The number of halogens is 2. The second-order valence-corrected chi connectivity index (χ2v) is 4.59. The second kappa shape index (κ2) is 6.01. The van der Waals surface area contributed by atoms with Crippen molar-refractivity contribution in [2.45, 2.75) is 19.9 Å². The summed E-state index contributed by atoms with van der Waals surface area (Å²) in [6.07, 6.45) is 0. The van der Waals surface area contributed by atoms with Crippen LogP contribution >= 0.6 is 12.4 Å². The standard InChI is InChI=1S/C12H15FN2O2.ClH/c1-12(2,6-16)11(15)9-7(5-14)3-4-8(13)10(9)17;/h3-4,11,16-17H,6,15H2,1-2H3;1H/t11-;/m0./s1. The Morgan fingerprint density at radius 3 is 2.50 bits per heavy atom. The van der Waals surface area contributed by atoms with Gasteiger partial charge in [-0.1, -0.05) is 13.8 Å². The molecule has 0 aromatic heterocycles. The summed E-state index contributed by atoms with van der Waals surface area (Å²) in [4.78, 5) is 0. The number of nitrogens with zero attached hydrogens (tertiary/aromatic N) is 1. The number of benzene rings is 1. The van der Waals surface area contributed by atoms with E-state index in [-0.39, 0.29) is 30.1 Å². The zero-order chi connectivity index (χ0) is 13.2. The van der Waals surface area contributed by atoms with Crippen molar-refractivity contribution < 1.29 is 14.6 Å². The van der Waals surface area contributed by atoms with Gasteiger partial charge in [0.2, 0.25) is 0 Å². The second-order valence-electron chi connectivity index (χ2n) is 4.59. The van der Waals surface area contributed by atoms with E-state index in [4.69, 9.17) is 11.0 Å². The van der Waals surface area contributed by atoms with E-state index in [2.05, 4.69) is 0 Å². The average molecular weight is 275 g/mol. The lowest BCUT2D eigenvalue weighted by Gasteiger charge is -2.30. The molecule has 4 N–H and O–H groups in total. The first kappa shape index (κ1) is 16.6. The molecular weight excluding hydrogens is 259 g/mol. The van der Waals surface area contributed by atoms with Gasteiger partial charge < -0.3 is 15.9 Å². The molecule has 0 heterocycles. The Morgan fingerprint density at radius 1 is 1.50 bits per heavy atom. The molecule has 0 aliphatic rings. The first-order valence-corrected chi connectivity index (χ1v) is 5.13. The minimum Gasteiger partial charge on any atom is -0.505 e. The van der Waals surface area contributed by atoms with Crippen molar-refractivity contribution in [1.29, 1.82) is 5.26 Å². The Bertz CT molecular complexity index is 472. The highest BCUT2D eigenvalue weighted by atomic mass is 35.5. The maximum absolute atomic E-state index is 13.3. The third-order valence-electron chi connectivity index (χ3n) is 2.85. The lowest BCUT2D eigenvalue weighted by molar-refractivity contribution is 0.131. The number of phenols is 1. The zero-order valence-electron chi connectivity index (χ0n) is 10.1. The summed E-state index contributed by atoms with van der Waals surface area (Å²) in [6.45, 7) is 3.10. The van der Waals surface area contributed by atoms with Crippen molar-refractivity contribution >= 4 is 12.4 Å². The molecule has 1 rings (SSSR count). The van der Waals surface area contributed by atoms with Crippen LogP contribution in [0.3, 0.4) is 0 Å². The molecule has 0 fully saturated rings. The van der Waals surface area contributed by atoms with E-state index in [9.17, 15) is 14.6 Å². The Labute approximate surface area is 111 Å². The number of aliphatic hydroxyl groups excluding tert-OH is 1. The van der Waals surface area contributed by atoms with Crippen molar-refractivity contribution in [3.63, 3.8) is 0 Å². The van der Waals surface area contributed by atoms with Crippen LogP contribution in [0.4, 0.5) is 4.39 Å². The van der Waals surface area contributed by atoms with Crippen LogP contribution in [0.1, 0.15) is 31.0 Å². The number of phenolic OH excluding ortho intramolecular Hbond substituents is 1. The van der Waals surface area contributed by atoms with E-state index in [0.29, 0.717) is 0 Å². The molecule has 1 aromatic carbocycles. The van der Waals surface area contributed by atoms with Crippen LogP contribution in [0, 0.1) is 22.6 Å². The molecule has 0 aliphatic heterocycles. The molecule has 0 amide bonds. The largest absolute Gasteiger partial charge is 0.505 e. The molecule has 0 spiro atoms. The third-order valence-corrected chi connectivity index (χ3v) is 2.85. The minimum atomic E-state index is -0.835. The van der Waals surface area contributed by atoms with Gasteiger partial charge in [0.05, 0.1) is 11.6 Å². The summed E-state index contributed by atoms with van der Waals surface area (Å²) in [7, 11) is 0. The SMILES string of the molecule is CC(C)(CO)[C@@H](N)c1c(C#N)ccc(F)c1O.Cl. The van der Waals surface area contributed by atoms with Crippen LogP contribution in [0.15, 0.2) is 12.1 Å². The molecule has 0 saturated heterocycles. The molecule has 100 valence electrons. The monoisotopic (exact) mass is 274 g/mol. The maximum Gasteiger partial charge on any atom is 0.165 e. The van der Waals surface area contributed by atoms with Crippen molar-refractivity contribution in [2.75, 3.05) is 6.61 Å². The molecule has 4 nitrogen and oxygen atoms in total. The quantitative estimate of drug-likeness (QED) is 0.784. The Balaban J connectivity index is 0.00000289. The predicted octanol–water partition coefficient (Wildman–Crippen LogP) is 1.84. The van der Waals surface area contributed by atoms with E-state index < -0.39 is 23.0 Å². The fourth-order valence-electron chi connectivity index (χ4n) is 1.48. The fraction of sp³-hybridized carbons (Fsp3) is 0.417. The van der Waals surface area contributed by atoms with E-state index in [1.165, 1.54) is 6.07 Å². The van der Waals surface area contributed by atoms with Gasteiger partial charge in [-0.2, -0.15) is 5.26 Å². The highest BCUT2D eigenvalue weighted by molar-refractivity contribution is 5.85. The van der Waals surface area contributed by atoms with E-state index in [1.807, 2.05) is 6.07 Å². The number of hydrogen-bond acceptors (Lipinski definition) is 4. The molecule has 1 aromatic rings. The van der Waals surface area contributed by atoms with Crippen molar-refractivity contribution in [2.24, 2.45) is 11.1 Å². The normalized spacial score (nSPS) is 12.4. The molecule has 6 heteroatoms. The van der Waals surface area contributed by atoms with Crippen molar-refractivity contribution in [3.8, 4) is 11.8 Å². The summed E-state index contributed by atoms with van der Waals surface area (Å²) in [6, 6.07) is 3.29. The van der Waals surface area contributed by atoms with Gasteiger partial charge in [0.1, 0.15) is 0 Å². The molecule has 0 unspecified atom stereocenters. The molecule has 1 atom stereocenters. The molecule has 0 aliphatic carbocycles. The van der Waals surface area contributed by atoms with Crippen LogP contribution in [0.2, 0.25) is 0 Å². The molecular formula is C12H16ClFN2O2. The van der Waals surface area contributed by atoms with E-state index >= 15 is 0 Å². The summed E-state index contributed by atoms with van der Waals surface area (Å²) >= 11 is 0. The summed E-state index contributed by atoms with van der Waals surface area (Å²) in [5.41, 5.74) is 5.27. The number of rotatable bonds is 3. The first-order valence-electron chi connectivity index (χ1n) is 5.13. The van der Waals surface area contributed by atoms with Gasteiger partial charge in [-0.3, -0.25) is 0 Å². The van der Waals surface area contributed by atoms with Crippen molar-refractivity contribution in [1.82, 2.24) is 0 Å². The molecule has 0 bridgehead atoms. The van der Waals surface area contributed by atoms with Crippen LogP contribution in [-0.4, -0.2) is 16.8 Å². The van der Waals surface area contributed by atoms with Crippen molar-refractivity contribution in [3.05, 3.63) is 29.1 Å². The van der Waals surface area contributed by atoms with Gasteiger partial charge in [-0.25, -0.2) is 4.39 Å². The molecule has 0 radical (unpaired) electrons. The highest BCUT2D eigenvalue weighted by Gasteiger charge is 2.31. The lowest BCUT2D eigenvalue weighted by Crippen LogP contribution is -2.33. The predicted molar refractivity (Wildman–Crippen MR) is 67.8 cm³/mol. The minimum absolute atomic E-state index is 0. The average Bonchev–Trinajstić information content (AvgIpc) is 2.31. The first-order chi connectivity index (χ1) is 7.85. The lowest BCUT2D eigenvalue weighted by atomic mass is 9.80. The van der Waals surface area contributed by atoms with Gasteiger partial charge in [0.15, 0.2) is 11.6 Å². The van der Waals surface area contributed by atoms with E-state index in [0.717, 1.165) is 6.07 Å². The summed E-state index contributed by atoms with van der Waals surface area (Å²) < 4.78 is 13.3. The van der Waals surface area contributed by atoms with Crippen LogP contribution in [0.5, 0.6) is 5.75 Å². The van der Waals surface area contributed by atoms with Gasteiger partial charge in [0, 0.05) is 23.6 Å². The maximum atomic E-state index is 13.3. The highest BCUT2D eigenvalue weighted by Crippen LogP contribution is 2.38. The van der Waals surface area contributed by atoms with Gasteiger partial charge >= 0.3 is 0 Å². The number of nitriles is 1. The molecule has 0 saturated carbocycles. The summed E-state index contributed by atoms with van der Waals surface area (Å²) in [5.74, 6) is -1.46. The number of hydrogen-bond donors (Lipinski definition) is 3. The van der Waals surface area contributed by atoms with Crippen LogP contribution in [-0.2, 0) is 0 Å². The van der Waals surface area contributed by atoms with Crippen LogP contribution in [0.25, 0.3) is 0 Å². The molecule has 18 heavy (non-hydrogen) atoms. The number of aromatic hydroxyl groups is 1. The topological polar surface area (TPSA) is 90.3 Å². The summed E-state index contributed by atoms with van der Waals surface area (Å²) in [5, 5.41) is 27.8. The fourth-order valence-corrected chi connectivity index (χ4v) is 1.48. The van der Waals surface area contributed by atoms with Gasteiger partial charge in [-0.05, 0) is 12.1 Å². The smallest absolute Gasteiger partial charge is 0.165 e. The Morgan fingerprint density at radius 2 is 2.06 bits per heavy atom. The zero-order valence-corrected chi connectivity index (χ0v) is 11.0. The van der Waals surface area contributed by atoms with Gasteiger partial charge in [-0.15, -0.1) is 12.4 Å². The van der Waals surface area contributed by atoms with Crippen LogP contribution < -0.4 is 5.73 Å². The number of aliphatic hydroxyl groups is 1. The Hall–Kier alpha value is -1.35.